The van der Waals surface area contributed by atoms with Crippen molar-refractivity contribution in [1.29, 1.82) is 0 Å². The topological polar surface area (TPSA) is 72.5 Å². The second kappa shape index (κ2) is 5.05. The third-order valence-electron chi connectivity index (χ3n) is 3.36. The molecule has 5 nitrogen and oxygen atoms in total. The quantitative estimate of drug-likeness (QED) is 0.863. The predicted molar refractivity (Wildman–Crippen MR) is 73.3 cm³/mol. The molecule has 0 saturated carbocycles. The van der Waals surface area contributed by atoms with Gasteiger partial charge in [-0.2, -0.15) is 0 Å². The minimum atomic E-state index is -3.78. The van der Waals surface area contributed by atoms with Crippen molar-refractivity contribution in [3.05, 3.63) is 17.0 Å². The highest BCUT2D eigenvalue weighted by atomic mass is 35.7. The molecule has 106 valence electrons. The summed E-state index contributed by atoms with van der Waals surface area (Å²) in [7, 11) is 1.45. The minimum Gasteiger partial charge on any atom is -0.376 e. The fourth-order valence-corrected chi connectivity index (χ4v) is 3.84. The molecule has 8 heteroatoms. The van der Waals surface area contributed by atoms with E-state index in [1.165, 1.54) is 11.4 Å². The van der Waals surface area contributed by atoms with Crippen molar-refractivity contribution in [3.63, 3.8) is 0 Å². The van der Waals surface area contributed by atoms with Crippen LogP contribution in [0.15, 0.2) is 15.7 Å². The summed E-state index contributed by atoms with van der Waals surface area (Å²) in [5.74, 6) is -0.317. The Hall–Kier alpha value is -0.630. The van der Waals surface area contributed by atoms with Crippen molar-refractivity contribution in [3.8, 4) is 0 Å². The maximum atomic E-state index is 12.1. The Balaban J connectivity index is 2.15. The molecule has 1 aromatic heterocycles. The van der Waals surface area contributed by atoms with Crippen molar-refractivity contribution < 1.29 is 17.9 Å². The lowest BCUT2D eigenvalue weighted by Crippen LogP contribution is -2.50. The molecule has 0 radical (unpaired) electrons. The van der Waals surface area contributed by atoms with Gasteiger partial charge in [0.2, 0.25) is 0 Å². The third-order valence-corrected chi connectivity index (χ3v) is 6.40. The maximum Gasteiger partial charge on any atom is 0.270 e. The number of ether oxygens (including phenoxy) is 1. The van der Waals surface area contributed by atoms with Gasteiger partial charge in [-0.15, -0.1) is 11.3 Å². The number of nitrogens with one attached hydrogen (secondary N) is 1. The first kappa shape index (κ1) is 14.8. The zero-order valence-electron chi connectivity index (χ0n) is 10.5. The highest BCUT2D eigenvalue weighted by Gasteiger charge is 2.38. The van der Waals surface area contributed by atoms with E-state index in [9.17, 15) is 13.2 Å². The molecule has 1 aromatic rings. The molecule has 0 aromatic carbocycles. The second-order valence-corrected chi connectivity index (χ2v) is 8.43. The first-order valence-corrected chi connectivity index (χ1v) is 8.88. The van der Waals surface area contributed by atoms with Crippen LogP contribution in [0.3, 0.4) is 0 Å². The molecule has 1 saturated heterocycles. The molecule has 0 bridgehead atoms. The summed E-state index contributed by atoms with van der Waals surface area (Å²) in [5, 5.41) is 4.37. The fourth-order valence-electron chi connectivity index (χ4n) is 1.89. The molecule has 2 heterocycles. The summed E-state index contributed by atoms with van der Waals surface area (Å²) in [5.41, 5.74) is -0.136. The van der Waals surface area contributed by atoms with E-state index in [2.05, 4.69) is 5.32 Å². The molecular formula is C11H14ClNO4S2. The van der Waals surface area contributed by atoms with Gasteiger partial charge in [-0.05, 0) is 26.3 Å². The van der Waals surface area contributed by atoms with E-state index in [1.807, 2.05) is 13.8 Å². The second-order valence-electron chi connectivity index (χ2n) is 4.73. The van der Waals surface area contributed by atoms with E-state index in [-0.39, 0.29) is 16.2 Å². The molecule has 1 aliphatic rings. The number of amides is 1. The fraction of sp³-hybridized carbons (Fsp3) is 0.545. The van der Waals surface area contributed by atoms with Crippen LogP contribution in [-0.4, -0.2) is 32.6 Å². The van der Waals surface area contributed by atoms with Crippen LogP contribution in [0.5, 0.6) is 0 Å². The average molecular weight is 324 g/mol. The monoisotopic (exact) mass is 323 g/mol. The van der Waals surface area contributed by atoms with Gasteiger partial charge in [-0.25, -0.2) is 8.42 Å². The molecular weight excluding hydrogens is 310 g/mol. The highest BCUT2D eigenvalue weighted by molar-refractivity contribution is 8.15. The first-order chi connectivity index (χ1) is 8.72. The Kier molecular flexibility index (Phi) is 3.92. The standard InChI is InChI=1S/C11H14ClNO4S2/c1-7-11(2,3-4-17-7)13-10(14)8-5-9(18-6-8)19(12,15)16/h5-7H,3-4H2,1-2H3,(H,13,14). The normalized spacial score (nSPS) is 27.4. The number of hydrogen-bond acceptors (Lipinski definition) is 5. The maximum absolute atomic E-state index is 12.1. The van der Waals surface area contributed by atoms with Crippen molar-refractivity contribution in [2.24, 2.45) is 0 Å². The third kappa shape index (κ3) is 3.10. The van der Waals surface area contributed by atoms with Crippen LogP contribution in [0.25, 0.3) is 0 Å². The number of halogens is 1. The number of carbonyl (C=O) groups is 1. The predicted octanol–water partition coefficient (Wildman–Crippen LogP) is 1.97. The molecule has 1 fully saturated rings. The van der Waals surface area contributed by atoms with Gasteiger partial charge in [0.15, 0.2) is 0 Å². The molecule has 19 heavy (non-hydrogen) atoms. The largest absolute Gasteiger partial charge is 0.376 e. The van der Waals surface area contributed by atoms with Crippen molar-refractivity contribution in [1.82, 2.24) is 5.32 Å². The average Bonchev–Trinajstić information content (AvgIpc) is 2.86. The molecule has 2 atom stereocenters. The molecule has 1 N–H and O–H groups in total. The van der Waals surface area contributed by atoms with Crippen LogP contribution >= 0.6 is 22.0 Å². The number of hydrogen-bond donors (Lipinski definition) is 1. The van der Waals surface area contributed by atoms with Crippen LogP contribution in [0.4, 0.5) is 0 Å². The molecule has 1 aliphatic heterocycles. The summed E-state index contributed by atoms with van der Waals surface area (Å²) < 4.78 is 27.7. The van der Waals surface area contributed by atoms with Crippen LogP contribution in [-0.2, 0) is 13.8 Å². The summed E-state index contributed by atoms with van der Waals surface area (Å²) in [4.78, 5) is 12.1. The van der Waals surface area contributed by atoms with E-state index >= 15 is 0 Å². The smallest absolute Gasteiger partial charge is 0.270 e. The van der Waals surface area contributed by atoms with Crippen LogP contribution < -0.4 is 5.32 Å². The Morgan fingerprint density at radius 2 is 2.32 bits per heavy atom. The number of thiophene rings is 1. The van der Waals surface area contributed by atoms with Gasteiger partial charge in [-0.3, -0.25) is 4.79 Å². The van der Waals surface area contributed by atoms with Gasteiger partial charge < -0.3 is 10.1 Å². The molecule has 2 rings (SSSR count). The Morgan fingerprint density at radius 3 is 2.79 bits per heavy atom. The number of rotatable bonds is 3. The first-order valence-electron chi connectivity index (χ1n) is 5.70. The summed E-state index contributed by atoms with van der Waals surface area (Å²) in [6.45, 7) is 4.41. The van der Waals surface area contributed by atoms with E-state index < -0.39 is 14.6 Å². The summed E-state index contributed by atoms with van der Waals surface area (Å²) in [6.07, 6.45) is 0.649. The Morgan fingerprint density at radius 1 is 1.63 bits per heavy atom. The highest BCUT2D eigenvalue weighted by Crippen LogP contribution is 2.27. The van der Waals surface area contributed by atoms with Crippen molar-refractivity contribution in [2.75, 3.05) is 6.61 Å². The minimum absolute atomic E-state index is 0.0276. The van der Waals surface area contributed by atoms with Gasteiger partial charge >= 0.3 is 0 Å². The lowest BCUT2D eigenvalue weighted by atomic mass is 9.94. The number of carbonyl (C=O) groups excluding carboxylic acids is 1. The van der Waals surface area contributed by atoms with E-state index in [0.717, 1.165) is 17.8 Å². The molecule has 0 aliphatic carbocycles. The van der Waals surface area contributed by atoms with Crippen molar-refractivity contribution >= 4 is 37.0 Å². The van der Waals surface area contributed by atoms with Crippen LogP contribution in [0, 0.1) is 0 Å². The zero-order valence-corrected chi connectivity index (χ0v) is 12.9. The van der Waals surface area contributed by atoms with Gasteiger partial charge in [0.25, 0.3) is 15.0 Å². The lowest BCUT2D eigenvalue weighted by molar-refractivity contribution is 0.0727. The summed E-state index contributed by atoms with van der Waals surface area (Å²) in [6, 6.07) is 1.28. The molecule has 1 amide bonds. The summed E-state index contributed by atoms with van der Waals surface area (Å²) >= 11 is 0.930. The molecule has 2 unspecified atom stereocenters. The van der Waals surface area contributed by atoms with Crippen molar-refractivity contribution in [2.45, 2.75) is 36.1 Å². The van der Waals surface area contributed by atoms with Crippen LogP contribution in [0.2, 0.25) is 0 Å². The SMILES string of the molecule is CC1OCCC1(C)NC(=O)c1csc(S(=O)(=O)Cl)c1. The van der Waals surface area contributed by atoms with Gasteiger partial charge in [-0.1, -0.05) is 0 Å². The van der Waals surface area contributed by atoms with Crippen LogP contribution in [0.1, 0.15) is 30.6 Å². The van der Waals surface area contributed by atoms with E-state index in [0.29, 0.717) is 12.2 Å². The Labute approximate surface area is 120 Å². The Bertz CT molecular complexity index is 598. The van der Waals surface area contributed by atoms with E-state index in [4.69, 9.17) is 15.4 Å². The zero-order chi connectivity index (χ0) is 14.3. The van der Waals surface area contributed by atoms with Gasteiger partial charge in [0, 0.05) is 22.7 Å². The van der Waals surface area contributed by atoms with E-state index in [1.54, 1.807) is 0 Å². The van der Waals surface area contributed by atoms with Gasteiger partial charge in [0.1, 0.15) is 4.21 Å². The van der Waals surface area contributed by atoms with Gasteiger partial charge in [0.05, 0.1) is 17.2 Å². The lowest BCUT2D eigenvalue weighted by Gasteiger charge is -2.28. The molecule has 0 spiro atoms.